The van der Waals surface area contributed by atoms with Crippen LogP contribution < -0.4 is 0 Å². The highest BCUT2D eigenvalue weighted by Gasteiger charge is 2.50. The molecule has 1 N–H and O–H groups in total. The van der Waals surface area contributed by atoms with Gasteiger partial charge in [0.1, 0.15) is 5.82 Å². The van der Waals surface area contributed by atoms with Gasteiger partial charge in [-0.05, 0) is 35.4 Å². The van der Waals surface area contributed by atoms with E-state index in [0.29, 0.717) is 5.92 Å². The summed E-state index contributed by atoms with van der Waals surface area (Å²) in [4.78, 5) is 0. The van der Waals surface area contributed by atoms with E-state index in [4.69, 9.17) is 5.11 Å². The van der Waals surface area contributed by atoms with Crippen LogP contribution in [0, 0.1) is 11.7 Å². The first-order valence-corrected chi connectivity index (χ1v) is 4.54. The van der Waals surface area contributed by atoms with Gasteiger partial charge in [0.25, 0.3) is 0 Å². The Morgan fingerprint density at radius 3 is 2.54 bits per heavy atom. The van der Waals surface area contributed by atoms with Crippen LogP contribution in [0.4, 0.5) is 4.39 Å². The molecule has 0 aliphatic heterocycles. The smallest absolute Gasteiger partial charge is 0.123 e. The minimum atomic E-state index is -0.200. The molecule has 1 saturated carbocycles. The highest BCUT2D eigenvalue weighted by Crippen LogP contribution is 2.53. The van der Waals surface area contributed by atoms with Crippen molar-refractivity contribution in [2.75, 3.05) is 6.61 Å². The number of hydrogen-bond donors (Lipinski definition) is 1. The van der Waals surface area contributed by atoms with E-state index in [-0.39, 0.29) is 17.8 Å². The van der Waals surface area contributed by atoms with Crippen molar-refractivity contribution in [2.24, 2.45) is 5.92 Å². The largest absolute Gasteiger partial charge is 0.396 e. The molecule has 2 atom stereocenters. The molecule has 1 nitrogen and oxygen atoms in total. The van der Waals surface area contributed by atoms with E-state index in [1.165, 1.54) is 12.1 Å². The lowest BCUT2D eigenvalue weighted by atomic mass is 9.96. The van der Waals surface area contributed by atoms with E-state index < -0.39 is 0 Å². The molecule has 0 amide bonds. The molecular formula is C11H13FO. The number of benzene rings is 1. The Morgan fingerprint density at radius 1 is 1.46 bits per heavy atom. The number of hydrogen-bond acceptors (Lipinski definition) is 1. The van der Waals surface area contributed by atoms with E-state index in [2.05, 4.69) is 6.92 Å². The average Bonchev–Trinajstić information content (AvgIpc) is 2.80. The zero-order valence-electron chi connectivity index (χ0n) is 7.63. The first-order valence-electron chi connectivity index (χ1n) is 4.54. The molecule has 2 heteroatoms. The molecule has 1 aromatic carbocycles. The maximum atomic E-state index is 12.6. The van der Waals surface area contributed by atoms with E-state index in [0.717, 1.165) is 12.0 Å². The van der Waals surface area contributed by atoms with E-state index in [1.807, 2.05) is 12.1 Å². The third kappa shape index (κ3) is 1.35. The van der Waals surface area contributed by atoms with Crippen LogP contribution in [0.15, 0.2) is 24.3 Å². The van der Waals surface area contributed by atoms with Crippen molar-refractivity contribution in [1.29, 1.82) is 0 Å². The molecule has 0 radical (unpaired) electrons. The summed E-state index contributed by atoms with van der Waals surface area (Å²) in [5.41, 5.74) is 1.22. The Hall–Kier alpha value is -0.890. The Bertz CT molecular complexity index is 306. The third-order valence-electron chi connectivity index (χ3n) is 3.14. The fourth-order valence-electron chi connectivity index (χ4n) is 1.90. The second-order valence-corrected chi connectivity index (χ2v) is 4.01. The maximum Gasteiger partial charge on any atom is 0.123 e. The first kappa shape index (κ1) is 8.70. The quantitative estimate of drug-likeness (QED) is 0.739. The van der Waals surface area contributed by atoms with Crippen LogP contribution >= 0.6 is 0 Å². The summed E-state index contributed by atoms with van der Waals surface area (Å²) in [6, 6.07) is 6.58. The molecule has 0 bridgehead atoms. The maximum absolute atomic E-state index is 12.6. The zero-order valence-corrected chi connectivity index (χ0v) is 7.63. The minimum absolute atomic E-state index is 0.0858. The summed E-state index contributed by atoms with van der Waals surface area (Å²) in [7, 11) is 0. The van der Waals surface area contributed by atoms with E-state index in [1.54, 1.807) is 0 Å². The summed E-state index contributed by atoms with van der Waals surface area (Å²) in [5, 5.41) is 8.98. The molecule has 0 spiro atoms. The van der Waals surface area contributed by atoms with Crippen LogP contribution in [0.1, 0.15) is 18.9 Å². The molecule has 0 aromatic heterocycles. The van der Waals surface area contributed by atoms with Gasteiger partial charge in [0.05, 0.1) is 0 Å². The van der Waals surface area contributed by atoms with Crippen LogP contribution in [-0.4, -0.2) is 11.7 Å². The fourth-order valence-corrected chi connectivity index (χ4v) is 1.90. The second kappa shape index (κ2) is 2.81. The number of aliphatic hydroxyl groups is 1. The van der Waals surface area contributed by atoms with Crippen molar-refractivity contribution in [3.63, 3.8) is 0 Å². The van der Waals surface area contributed by atoms with Gasteiger partial charge >= 0.3 is 0 Å². The highest BCUT2D eigenvalue weighted by atomic mass is 19.1. The van der Waals surface area contributed by atoms with Crippen molar-refractivity contribution in [1.82, 2.24) is 0 Å². The molecule has 0 saturated heterocycles. The lowest BCUT2D eigenvalue weighted by Crippen LogP contribution is -2.06. The summed E-state index contributed by atoms with van der Waals surface area (Å²) < 4.78 is 12.6. The number of halogens is 1. The average molecular weight is 180 g/mol. The van der Waals surface area contributed by atoms with Gasteiger partial charge in [-0.15, -0.1) is 0 Å². The Kier molecular flexibility index (Phi) is 1.88. The Morgan fingerprint density at radius 2 is 2.08 bits per heavy atom. The third-order valence-corrected chi connectivity index (χ3v) is 3.14. The predicted molar refractivity (Wildman–Crippen MR) is 48.9 cm³/mol. The van der Waals surface area contributed by atoms with E-state index >= 15 is 0 Å². The topological polar surface area (TPSA) is 20.2 Å². The van der Waals surface area contributed by atoms with Crippen molar-refractivity contribution >= 4 is 0 Å². The molecule has 1 aliphatic carbocycles. The van der Waals surface area contributed by atoms with E-state index in [9.17, 15) is 4.39 Å². The van der Waals surface area contributed by atoms with Gasteiger partial charge in [0.2, 0.25) is 0 Å². The van der Waals surface area contributed by atoms with Gasteiger partial charge in [0.15, 0.2) is 0 Å². The van der Waals surface area contributed by atoms with Gasteiger partial charge in [-0.1, -0.05) is 19.1 Å². The van der Waals surface area contributed by atoms with Gasteiger partial charge in [-0.2, -0.15) is 0 Å². The van der Waals surface area contributed by atoms with Crippen LogP contribution in [0.5, 0.6) is 0 Å². The van der Waals surface area contributed by atoms with Gasteiger partial charge < -0.3 is 5.11 Å². The molecular weight excluding hydrogens is 167 g/mol. The molecule has 70 valence electrons. The fraction of sp³-hybridized carbons (Fsp3) is 0.455. The minimum Gasteiger partial charge on any atom is -0.396 e. The highest BCUT2D eigenvalue weighted by molar-refractivity contribution is 5.32. The SMILES string of the molecule is CC1(c2ccc(F)cc2)CC1CO. The van der Waals surface area contributed by atoms with Crippen molar-refractivity contribution in [3.8, 4) is 0 Å². The van der Waals surface area contributed by atoms with Gasteiger partial charge in [-0.3, -0.25) is 0 Å². The van der Waals surface area contributed by atoms with Crippen molar-refractivity contribution in [3.05, 3.63) is 35.6 Å². The first-order chi connectivity index (χ1) is 6.16. The monoisotopic (exact) mass is 180 g/mol. The summed E-state index contributed by atoms with van der Waals surface area (Å²) in [6.45, 7) is 2.34. The van der Waals surface area contributed by atoms with Gasteiger partial charge in [-0.25, -0.2) is 4.39 Å². The van der Waals surface area contributed by atoms with Crippen LogP contribution in [0.2, 0.25) is 0 Å². The lowest BCUT2D eigenvalue weighted by molar-refractivity contribution is 0.265. The normalized spacial score (nSPS) is 31.8. The van der Waals surface area contributed by atoms with Crippen molar-refractivity contribution in [2.45, 2.75) is 18.8 Å². The summed E-state index contributed by atoms with van der Waals surface area (Å²) >= 11 is 0. The Labute approximate surface area is 77.2 Å². The predicted octanol–water partition coefficient (Wildman–Crippen LogP) is 2.10. The summed E-state index contributed by atoms with van der Waals surface area (Å²) in [5.74, 6) is 0.159. The Balaban J connectivity index is 2.23. The standard InChI is InChI=1S/C11H13FO/c1-11(6-9(11)7-13)8-2-4-10(12)5-3-8/h2-5,9,13H,6-7H2,1H3. The van der Waals surface area contributed by atoms with Crippen LogP contribution in [0.25, 0.3) is 0 Å². The molecule has 1 aromatic rings. The molecule has 2 unspecified atom stereocenters. The van der Waals surface area contributed by atoms with Crippen molar-refractivity contribution < 1.29 is 9.50 Å². The van der Waals surface area contributed by atoms with Crippen LogP contribution in [-0.2, 0) is 5.41 Å². The second-order valence-electron chi connectivity index (χ2n) is 4.01. The molecule has 0 heterocycles. The lowest BCUT2D eigenvalue weighted by Gasteiger charge is -2.10. The van der Waals surface area contributed by atoms with Crippen LogP contribution in [0.3, 0.4) is 0 Å². The number of aliphatic hydroxyl groups excluding tert-OH is 1. The van der Waals surface area contributed by atoms with Gasteiger partial charge in [0, 0.05) is 6.61 Å². The molecule has 1 fully saturated rings. The molecule has 13 heavy (non-hydrogen) atoms. The molecule has 2 rings (SSSR count). The summed E-state index contributed by atoms with van der Waals surface area (Å²) in [6.07, 6.45) is 1.01. The molecule has 1 aliphatic rings. The number of rotatable bonds is 2. The zero-order chi connectivity index (χ0) is 9.47.